The van der Waals surface area contributed by atoms with Gasteiger partial charge in [-0.3, -0.25) is 9.79 Å². The van der Waals surface area contributed by atoms with Crippen LogP contribution in [0.5, 0.6) is 5.75 Å². The van der Waals surface area contributed by atoms with Crippen molar-refractivity contribution in [3.05, 3.63) is 95.6 Å². The number of fused-ring (bicyclic) bond motifs is 1. The van der Waals surface area contributed by atoms with Gasteiger partial charge in [-0.05, 0) is 29.8 Å². The third kappa shape index (κ3) is 2.74. The minimum atomic E-state index is -0.360. The molecule has 0 fully saturated rings. The number of benzene rings is 3. The molecule has 0 heterocycles. The highest BCUT2D eigenvalue weighted by molar-refractivity contribution is 6.32. The van der Waals surface area contributed by atoms with Gasteiger partial charge in [0.2, 0.25) is 0 Å². The Labute approximate surface area is 146 Å². The second-order valence-corrected chi connectivity index (χ2v) is 5.95. The number of ether oxygens (including phenoxy) is 1. The lowest BCUT2D eigenvalue weighted by Gasteiger charge is -2.11. The van der Waals surface area contributed by atoms with Crippen molar-refractivity contribution in [2.75, 3.05) is 7.11 Å². The lowest BCUT2D eigenvalue weighted by molar-refractivity contribution is 0.0988. The molecule has 1 aliphatic carbocycles. The minimum Gasteiger partial charge on any atom is -0.497 e. The molecule has 3 nitrogen and oxygen atoms in total. The third-order valence-corrected chi connectivity index (χ3v) is 4.46. The molecule has 0 amide bonds. The Kier molecular flexibility index (Phi) is 3.90. The van der Waals surface area contributed by atoms with E-state index in [9.17, 15) is 4.79 Å². The maximum atomic E-state index is 13.0. The van der Waals surface area contributed by atoms with Crippen LogP contribution in [0.2, 0.25) is 0 Å². The zero-order valence-corrected chi connectivity index (χ0v) is 13.8. The molecule has 0 bridgehead atoms. The molecule has 25 heavy (non-hydrogen) atoms. The molecule has 122 valence electrons. The molecule has 1 atom stereocenters. The van der Waals surface area contributed by atoms with Gasteiger partial charge in [0.05, 0.1) is 24.4 Å². The smallest absolute Gasteiger partial charge is 0.176 e. The van der Waals surface area contributed by atoms with Crippen molar-refractivity contribution in [1.82, 2.24) is 0 Å². The molecular formula is C22H17NO2. The van der Waals surface area contributed by atoms with Gasteiger partial charge in [-0.2, -0.15) is 0 Å². The number of hydrogen-bond donors (Lipinski definition) is 0. The molecular weight excluding hydrogens is 310 g/mol. The van der Waals surface area contributed by atoms with E-state index in [1.807, 2.05) is 78.9 Å². The van der Waals surface area contributed by atoms with Crippen molar-refractivity contribution < 1.29 is 9.53 Å². The summed E-state index contributed by atoms with van der Waals surface area (Å²) in [5, 5.41) is 0. The van der Waals surface area contributed by atoms with Gasteiger partial charge in [0.15, 0.2) is 5.78 Å². The van der Waals surface area contributed by atoms with Gasteiger partial charge in [-0.25, -0.2) is 0 Å². The van der Waals surface area contributed by atoms with Crippen molar-refractivity contribution >= 4 is 17.2 Å². The molecule has 0 unspecified atom stereocenters. The molecule has 3 heteroatoms. The maximum Gasteiger partial charge on any atom is 0.176 e. The Bertz CT molecular complexity index is 943. The fourth-order valence-corrected chi connectivity index (χ4v) is 3.23. The number of carbonyl (C=O) groups is 1. The minimum absolute atomic E-state index is 0.106. The molecule has 1 aliphatic rings. The second-order valence-electron chi connectivity index (χ2n) is 5.95. The fourth-order valence-electron chi connectivity index (χ4n) is 3.23. The van der Waals surface area contributed by atoms with Crippen LogP contribution in [-0.4, -0.2) is 18.6 Å². The number of methoxy groups -OCH3 is 1. The Morgan fingerprint density at radius 3 is 2.12 bits per heavy atom. The topological polar surface area (TPSA) is 38.7 Å². The first-order valence-corrected chi connectivity index (χ1v) is 8.19. The molecule has 0 saturated carbocycles. The number of nitrogens with zero attached hydrogens (tertiary/aromatic N) is 1. The Morgan fingerprint density at radius 1 is 0.800 bits per heavy atom. The monoisotopic (exact) mass is 327 g/mol. The third-order valence-electron chi connectivity index (χ3n) is 4.46. The number of carbonyl (C=O) groups excluding carboxylic acids is 1. The number of rotatable bonds is 3. The van der Waals surface area contributed by atoms with Crippen LogP contribution in [0.1, 0.15) is 27.4 Å². The van der Waals surface area contributed by atoms with Gasteiger partial charge in [0, 0.05) is 11.1 Å². The number of Topliss-reactive ketones (excluding diaryl/α,β-unsaturated/α-hetero) is 1. The van der Waals surface area contributed by atoms with Gasteiger partial charge >= 0.3 is 0 Å². The molecule has 3 aromatic rings. The molecule has 3 aromatic carbocycles. The lowest BCUT2D eigenvalue weighted by Crippen LogP contribution is -2.13. The van der Waals surface area contributed by atoms with Gasteiger partial charge in [-0.15, -0.1) is 0 Å². The van der Waals surface area contributed by atoms with E-state index < -0.39 is 0 Å². The second kappa shape index (κ2) is 6.36. The molecule has 0 radical (unpaired) electrons. The highest BCUT2D eigenvalue weighted by Gasteiger charge is 2.37. The molecule has 0 spiro atoms. The average Bonchev–Trinajstić information content (AvgIpc) is 2.95. The SMILES string of the molecule is COc1ccc(N=C2c3ccccc3C(=O)[C@H]2c2ccccc2)cc1. The zero-order valence-electron chi connectivity index (χ0n) is 13.8. The fraction of sp³-hybridized carbons (Fsp3) is 0.0909. The van der Waals surface area contributed by atoms with Gasteiger partial charge in [-0.1, -0.05) is 54.6 Å². The lowest BCUT2D eigenvalue weighted by atomic mass is 9.93. The summed E-state index contributed by atoms with van der Waals surface area (Å²) in [6.07, 6.45) is 0. The first kappa shape index (κ1) is 15.3. The van der Waals surface area contributed by atoms with Crippen molar-refractivity contribution in [2.45, 2.75) is 5.92 Å². The van der Waals surface area contributed by atoms with Crippen molar-refractivity contribution in [1.29, 1.82) is 0 Å². The number of hydrogen-bond acceptors (Lipinski definition) is 3. The predicted octanol–water partition coefficient (Wildman–Crippen LogP) is 4.80. The molecule has 4 rings (SSSR count). The zero-order chi connectivity index (χ0) is 17.2. The molecule has 0 N–H and O–H groups in total. The summed E-state index contributed by atoms with van der Waals surface area (Å²) in [6, 6.07) is 25.1. The highest BCUT2D eigenvalue weighted by Crippen LogP contribution is 2.36. The van der Waals surface area contributed by atoms with E-state index >= 15 is 0 Å². The number of aliphatic imine (C=N–C) groups is 1. The van der Waals surface area contributed by atoms with Crippen molar-refractivity contribution in [3.8, 4) is 5.75 Å². The Hall–Kier alpha value is -3.20. The van der Waals surface area contributed by atoms with Crippen LogP contribution >= 0.6 is 0 Å². The van der Waals surface area contributed by atoms with Crippen molar-refractivity contribution in [3.63, 3.8) is 0 Å². The van der Waals surface area contributed by atoms with E-state index in [1.165, 1.54) is 0 Å². The van der Waals surface area contributed by atoms with E-state index in [0.29, 0.717) is 0 Å². The highest BCUT2D eigenvalue weighted by atomic mass is 16.5. The molecule has 0 aromatic heterocycles. The normalized spacial score (nSPS) is 17.6. The maximum absolute atomic E-state index is 13.0. The van der Waals surface area contributed by atoms with Crippen LogP contribution in [0.3, 0.4) is 0 Å². The summed E-state index contributed by atoms with van der Waals surface area (Å²) in [5.41, 5.74) is 4.23. The first-order chi connectivity index (χ1) is 12.3. The quantitative estimate of drug-likeness (QED) is 0.693. The summed E-state index contributed by atoms with van der Waals surface area (Å²) in [5.74, 6) is 0.529. The van der Waals surface area contributed by atoms with Crippen LogP contribution in [0.4, 0.5) is 5.69 Å². The van der Waals surface area contributed by atoms with Gasteiger partial charge in [0.25, 0.3) is 0 Å². The van der Waals surface area contributed by atoms with Gasteiger partial charge in [0.1, 0.15) is 5.75 Å². The average molecular weight is 327 g/mol. The van der Waals surface area contributed by atoms with Crippen LogP contribution in [0.15, 0.2) is 83.9 Å². The van der Waals surface area contributed by atoms with E-state index in [-0.39, 0.29) is 11.7 Å². The summed E-state index contributed by atoms with van der Waals surface area (Å²) in [6.45, 7) is 0. The van der Waals surface area contributed by atoms with Crippen LogP contribution in [0, 0.1) is 0 Å². The Balaban J connectivity index is 1.86. The van der Waals surface area contributed by atoms with Crippen LogP contribution in [-0.2, 0) is 0 Å². The van der Waals surface area contributed by atoms with Crippen LogP contribution in [0.25, 0.3) is 0 Å². The largest absolute Gasteiger partial charge is 0.497 e. The molecule has 0 aliphatic heterocycles. The Morgan fingerprint density at radius 2 is 1.44 bits per heavy atom. The van der Waals surface area contributed by atoms with E-state index in [2.05, 4.69) is 0 Å². The standard InChI is InChI=1S/C22H17NO2/c1-25-17-13-11-16(12-14-17)23-21-18-9-5-6-10-19(18)22(24)20(21)15-7-3-2-4-8-15/h2-14,20H,1H3/t20-/m0/s1. The summed E-state index contributed by atoms with van der Waals surface area (Å²) in [7, 11) is 1.64. The summed E-state index contributed by atoms with van der Waals surface area (Å²) in [4.78, 5) is 17.8. The predicted molar refractivity (Wildman–Crippen MR) is 99.1 cm³/mol. The first-order valence-electron chi connectivity index (χ1n) is 8.19. The molecule has 0 saturated heterocycles. The van der Waals surface area contributed by atoms with Gasteiger partial charge < -0.3 is 4.74 Å². The van der Waals surface area contributed by atoms with Crippen molar-refractivity contribution in [2.24, 2.45) is 4.99 Å². The summed E-state index contributed by atoms with van der Waals surface area (Å²) < 4.78 is 5.20. The van der Waals surface area contributed by atoms with E-state index in [4.69, 9.17) is 9.73 Å². The summed E-state index contributed by atoms with van der Waals surface area (Å²) >= 11 is 0. The van der Waals surface area contributed by atoms with Crippen LogP contribution < -0.4 is 4.74 Å². The van der Waals surface area contributed by atoms with E-state index in [0.717, 1.165) is 33.8 Å². The van der Waals surface area contributed by atoms with E-state index in [1.54, 1.807) is 7.11 Å². The number of ketones is 1.